The van der Waals surface area contributed by atoms with Gasteiger partial charge in [0.15, 0.2) is 0 Å². The summed E-state index contributed by atoms with van der Waals surface area (Å²) < 4.78 is 0. The first kappa shape index (κ1) is 9.44. The molecule has 0 radical (unpaired) electrons. The molecule has 0 aromatic rings. The smallest absolute Gasteiger partial charge is 0.351 e. The van der Waals surface area contributed by atoms with Gasteiger partial charge < -0.3 is 11.1 Å². The Morgan fingerprint density at radius 1 is 1.64 bits per heavy atom. The molecule has 0 saturated heterocycles. The number of rotatable bonds is 2. The van der Waals surface area contributed by atoms with Crippen molar-refractivity contribution >= 4 is 12.0 Å². The van der Waals surface area contributed by atoms with Gasteiger partial charge in [-0.3, -0.25) is 4.89 Å². The maximum Gasteiger partial charge on any atom is 0.369 e. The predicted molar refractivity (Wildman–Crippen MR) is 35.2 cm³/mol. The van der Waals surface area contributed by atoms with Crippen LogP contribution in [-0.2, 0) is 9.68 Å². The Hall–Kier alpha value is -1.56. The minimum absolute atomic E-state index is 0.0336. The molecular weight excluding hydrogens is 152 g/mol. The van der Waals surface area contributed by atoms with E-state index in [0.717, 1.165) is 6.20 Å². The number of nitrogens with one attached hydrogen (secondary N) is 1. The second-order valence-electron chi connectivity index (χ2n) is 1.71. The first-order valence-corrected chi connectivity index (χ1v) is 2.66. The zero-order valence-corrected chi connectivity index (χ0v) is 5.83. The molecule has 0 aliphatic heterocycles. The van der Waals surface area contributed by atoms with E-state index in [2.05, 4.69) is 10.6 Å². The van der Waals surface area contributed by atoms with E-state index in [1.54, 1.807) is 0 Å². The largest absolute Gasteiger partial charge is 0.369 e. The van der Waals surface area contributed by atoms with Crippen LogP contribution >= 0.6 is 0 Å². The third-order valence-electron chi connectivity index (χ3n) is 0.836. The number of hydrogen-bond acceptors (Lipinski definition) is 4. The number of carbonyl (C=O) groups is 2. The summed E-state index contributed by atoms with van der Waals surface area (Å²) in [6.45, 7) is 1.34. The average Bonchev–Trinajstić information content (AvgIpc) is 1.98. The Bertz CT molecular complexity index is 199. The number of carbonyl (C=O) groups excluding carboxylic acids is 2. The van der Waals surface area contributed by atoms with Crippen LogP contribution in [0.25, 0.3) is 0 Å². The molecule has 62 valence electrons. The van der Waals surface area contributed by atoms with Gasteiger partial charge in [-0.2, -0.15) is 5.26 Å². The molecule has 0 heterocycles. The van der Waals surface area contributed by atoms with Crippen molar-refractivity contribution in [3.05, 3.63) is 11.8 Å². The van der Waals surface area contributed by atoms with Crippen molar-refractivity contribution in [2.45, 2.75) is 6.92 Å². The minimum atomic E-state index is -0.946. The van der Waals surface area contributed by atoms with E-state index in [4.69, 9.17) is 5.26 Å². The van der Waals surface area contributed by atoms with Gasteiger partial charge in [0.05, 0.1) is 5.57 Å². The second-order valence-corrected chi connectivity index (χ2v) is 1.71. The number of primary amides is 1. The number of nitrogens with two attached hydrogens (primary N) is 1. The number of urea groups is 1. The normalized spacial score (nSPS) is 10.5. The highest BCUT2D eigenvalue weighted by molar-refractivity contribution is 5.87. The Morgan fingerprint density at radius 3 is 2.55 bits per heavy atom. The SMILES string of the molecule is C/C(=C/NC(N)=O)C(=O)OO. The summed E-state index contributed by atoms with van der Waals surface area (Å²) in [7, 11) is 0. The van der Waals surface area contributed by atoms with Crippen LogP contribution in [0.2, 0.25) is 0 Å². The van der Waals surface area contributed by atoms with Crippen molar-refractivity contribution in [1.82, 2.24) is 5.32 Å². The van der Waals surface area contributed by atoms with Crippen LogP contribution in [0, 0.1) is 0 Å². The minimum Gasteiger partial charge on any atom is -0.351 e. The molecule has 0 saturated carbocycles. The van der Waals surface area contributed by atoms with Gasteiger partial charge in [0, 0.05) is 6.20 Å². The summed E-state index contributed by atoms with van der Waals surface area (Å²) in [4.78, 5) is 23.8. The monoisotopic (exact) mass is 160 g/mol. The molecule has 0 aromatic carbocycles. The molecule has 0 atom stereocenters. The fourth-order valence-corrected chi connectivity index (χ4v) is 0.310. The highest BCUT2D eigenvalue weighted by Crippen LogP contribution is 1.91. The summed E-state index contributed by atoms with van der Waals surface area (Å²) in [6, 6.07) is -0.796. The molecule has 0 rings (SSSR count). The maximum atomic E-state index is 10.4. The molecule has 0 unspecified atom stereocenters. The number of amides is 2. The molecule has 0 aromatic heterocycles. The predicted octanol–water partition coefficient (Wildman–Crippen LogP) is -0.425. The van der Waals surface area contributed by atoms with Crippen molar-refractivity contribution in [1.29, 1.82) is 0 Å². The van der Waals surface area contributed by atoms with Gasteiger partial charge in [0.25, 0.3) is 0 Å². The zero-order chi connectivity index (χ0) is 8.85. The quantitative estimate of drug-likeness (QED) is 0.290. The zero-order valence-electron chi connectivity index (χ0n) is 5.83. The van der Waals surface area contributed by atoms with Crippen LogP contribution in [0.5, 0.6) is 0 Å². The summed E-state index contributed by atoms with van der Waals surface area (Å²) in [5, 5.41) is 9.86. The Kier molecular flexibility index (Phi) is 3.68. The average molecular weight is 160 g/mol. The number of hydrogen-bond donors (Lipinski definition) is 3. The Balaban J connectivity index is 4.00. The van der Waals surface area contributed by atoms with E-state index < -0.39 is 12.0 Å². The van der Waals surface area contributed by atoms with Gasteiger partial charge in [-0.15, -0.1) is 0 Å². The van der Waals surface area contributed by atoms with E-state index in [-0.39, 0.29) is 5.57 Å². The molecular formula is C5H8N2O4. The maximum absolute atomic E-state index is 10.4. The summed E-state index contributed by atoms with van der Waals surface area (Å²) in [6.07, 6.45) is 1.03. The fraction of sp³-hybridized carbons (Fsp3) is 0.200. The van der Waals surface area contributed by atoms with Crippen LogP contribution in [-0.4, -0.2) is 17.3 Å². The van der Waals surface area contributed by atoms with Crippen LogP contribution in [0.1, 0.15) is 6.92 Å². The van der Waals surface area contributed by atoms with Crippen LogP contribution in [0.4, 0.5) is 4.79 Å². The molecule has 6 heteroatoms. The van der Waals surface area contributed by atoms with Crippen LogP contribution in [0.15, 0.2) is 11.8 Å². The molecule has 0 aliphatic rings. The highest BCUT2D eigenvalue weighted by atomic mass is 17.1. The van der Waals surface area contributed by atoms with Crippen molar-refractivity contribution < 1.29 is 19.7 Å². The molecule has 0 spiro atoms. The molecule has 6 nitrogen and oxygen atoms in total. The first-order valence-electron chi connectivity index (χ1n) is 2.66. The summed E-state index contributed by atoms with van der Waals surface area (Å²) in [5.74, 6) is -0.946. The van der Waals surface area contributed by atoms with Gasteiger partial charge in [-0.25, -0.2) is 9.59 Å². The third-order valence-corrected chi connectivity index (χ3v) is 0.836. The van der Waals surface area contributed by atoms with Crippen molar-refractivity contribution in [2.75, 3.05) is 0 Å². The van der Waals surface area contributed by atoms with Crippen molar-refractivity contribution in [3.8, 4) is 0 Å². The van der Waals surface area contributed by atoms with Gasteiger partial charge in [0.2, 0.25) is 0 Å². The molecule has 11 heavy (non-hydrogen) atoms. The van der Waals surface area contributed by atoms with Crippen LogP contribution < -0.4 is 11.1 Å². The van der Waals surface area contributed by atoms with E-state index in [1.165, 1.54) is 6.92 Å². The molecule has 4 N–H and O–H groups in total. The molecule has 0 bridgehead atoms. The molecule has 2 amide bonds. The highest BCUT2D eigenvalue weighted by Gasteiger charge is 2.03. The van der Waals surface area contributed by atoms with Gasteiger partial charge in [-0.05, 0) is 6.92 Å². The van der Waals surface area contributed by atoms with E-state index in [1.807, 2.05) is 5.32 Å². The lowest BCUT2D eigenvalue weighted by atomic mass is 10.3. The Labute approximate surface area is 62.6 Å². The van der Waals surface area contributed by atoms with Crippen molar-refractivity contribution in [3.63, 3.8) is 0 Å². The molecule has 0 aliphatic carbocycles. The first-order chi connectivity index (χ1) is 5.07. The van der Waals surface area contributed by atoms with E-state index in [0.29, 0.717) is 0 Å². The lowest BCUT2D eigenvalue weighted by molar-refractivity contribution is -0.229. The van der Waals surface area contributed by atoms with Crippen LogP contribution in [0.3, 0.4) is 0 Å². The topological polar surface area (TPSA) is 102 Å². The van der Waals surface area contributed by atoms with Gasteiger partial charge in [-0.1, -0.05) is 0 Å². The Morgan fingerprint density at radius 2 is 2.18 bits per heavy atom. The summed E-state index contributed by atoms with van der Waals surface area (Å²) in [5.41, 5.74) is 4.71. The standard InChI is InChI=1S/C5H8N2O4/c1-3(4(8)11-10)2-7-5(6)9/h2,10H,1H3,(H3,6,7,9)/b3-2-. The summed E-state index contributed by atoms with van der Waals surface area (Å²) >= 11 is 0. The second kappa shape index (κ2) is 4.29. The van der Waals surface area contributed by atoms with E-state index >= 15 is 0 Å². The fourth-order valence-electron chi connectivity index (χ4n) is 0.310. The van der Waals surface area contributed by atoms with Crippen molar-refractivity contribution in [2.24, 2.45) is 5.73 Å². The third kappa shape index (κ3) is 3.93. The van der Waals surface area contributed by atoms with Gasteiger partial charge in [0.1, 0.15) is 0 Å². The lowest BCUT2D eigenvalue weighted by Crippen LogP contribution is -2.25. The van der Waals surface area contributed by atoms with E-state index in [9.17, 15) is 9.59 Å². The van der Waals surface area contributed by atoms with Gasteiger partial charge >= 0.3 is 12.0 Å². The molecule has 0 fully saturated rings. The lowest BCUT2D eigenvalue weighted by Gasteiger charge is -1.95.